The third-order valence-electron chi connectivity index (χ3n) is 1.86. The van der Waals surface area contributed by atoms with Crippen LogP contribution in [0.15, 0.2) is 29.8 Å². The van der Waals surface area contributed by atoms with Crippen molar-refractivity contribution >= 4 is 11.6 Å². The molecule has 0 spiro atoms. The molecule has 0 bridgehead atoms. The Hall–Kier alpha value is -1.06. The van der Waals surface area contributed by atoms with Crippen molar-refractivity contribution in [3.05, 3.63) is 41.2 Å². The molecule has 0 unspecified atom stereocenters. The Kier molecular flexibility index (Phi) is 4.59. The van der Waals surface area contributed by atoms with Crippen LogP contribution < -0.4 is 4.74 Å². The van der Waals surface area contributed by atoms with E-state index in [1.165, 1.54) is 17.7 Å². The Morgan fingerprint density at radius 2 is 2.33 bits per heavy atom. The first-order chi connectivity index (χ1) is 7.15. The second kappa shape index (κ2) is 5.73. The molecule has 0 amide bonds. The summed E-state index contributed by atoms with van der Waals surface area (Å²) in [5.74, 6) is -0.342. The van der Waals surface area contributed by atoms with Crippen LogP contribution in [0.25, 0.3) is 0 Å². The smallest absolute Gasteiger partial charge is 0.165 e. The van der Waals surface area contributed by atoms with Crippen molar-refractivity contribution in [2.24, 2.45) is 0 Å². The molecule has 0 fully saturated rings. The van der Waals surface area contributed by atoms with E-state index in [0.29, 0.717) is 5.56 Å². The largest absolute Gasteiger partial charge is 0.486 e. The maximum Gasteiger partial charge on any atom is 0.165 e. The number of halogens is 2. The van der Waals surface area contributed by atoms with Crippen LogP contribution >= 0.6 is 11.6 Å². The zero-order valence-corrected chi connectivity index (χ0v) is 9.04. The highest BCUT2D eigenvalue weighted by Gasteiger charge is 2.07. The molecule has 0 saturated carbocycles. The van der Waals surface area contributed by atoms with Crippen molar-refractivity contribution in [2.45, 2.75) is 13.0 Å². The first-order valence-electron chi connectivity index (χ1n) is 4.50. The molecule has 0 aromatic heterocycles. The zero-order chi connectivity index (χ0) is 11.3. The Morgan fingerprint density at radius 1 is 1.60 bits per heavy atom. The number of rotatable bonds is 4. The molecule has 1 aromatic carbocycles. The maximum atomic E-state index is 13.3. The Labute approximate surface area is 92.9 Å². The second-order valence-corrected chi connectivity index (χ2v) is 3.29. The van der Waals surface area contributed by atoms with Crippen LogP contribution in [0.5, 0.6) is 5.75 Å². The van der Waals surface area contributed by atoms with Crippen LogP contribution in [0.4, 0.5) is 4.39 Å². The van der Waals surface area contributed by atoms with Gasteiger partial charge < -0.3 is 9.84 Å². The molecular weight excluding hydrogens is 219 g/mol. The van der Waals surface area contributed by atoms with Crippen LogP contribution in [-0.4, -0.2) is 11.7 Å². The minimum Gasteiger partial charge on any atom is -0.486 e. The van der Waals surface area contributed by atoms with Crippen LogP contribution in [-0.2, 0) is 0 Å². The average molecular weight is 231 g/mol. The van der Waals surface area contributed by atoms with E-state index < -0.39 is 11.9 Å². The fraction of sp³-hybridized carbons (Fsp3) is 0.273. The van der Waals surface area contributed by atoms with E-state index in [1.54, 1.807) is 19.1 Å². The number of aliphatic hydroxyl groups is 1. The summed E-state index contributed by atoms with van der Waals surface area (Å²) < 4.78 is 18.4. The number of hydrogen-bond acceptors (Lipinski definition) is 2. The summed E-state index contributed by atoms with van der Waals surface area (Å²) in [6, 6.07) is 4.36. The zero-order valence-electron chi connectivity index (χ0n) is 8.28. The third kappa shape index (κ3) is 3.53. The fourth-order valence-corrected chi connectivity index (χ4v) is 1.14. The van der Waals surface area contributed by atoms with Crippen LogP contribution in [0.3, 0.4) is 0 Å². The monoisotopic (exact) mass is 230 g/mol. The summed E-state index contributed by atoms with van der Waals surface area (Å²) in [7, 11) is 0. The predicted octanol–water partition coefficient (Wildman–Crippen LogP) is 3.01. The molecule has 15 heavy (non-hydrogen) atoms. The number of hydrogen-bond donors (Lipinski definition) is 1. The van der Waals surface area contributed by atoms with Gasteiger partial charge in [-0.3, -0.25) is 0 Å². The topological polar surface area (TPSA) is 29.5 Å². The standard InChI is InChI=1S/C11H12ClFO2/c1-8(14)9-3-4-11(10(13)7-9)15-6-2-5-12/h2-5,7-8,14H,6H2,1H3/b5-2+/t8-/m0/s1. The van der Waals surface area contributed by atoms with E-state index >= 15 is 0 Å². The molecule has 0 saturated heterocycles. The van der Waals surface area contributed by atoms with Gasteiger partial charge in [0.1, 0.15) is 6.61 Å². The van der Waals surface area contributed by atoms with E-state index in [9.17, 15) is 9.50 Å². The molecule has 1 rings (SSSR count). The Bertz CT molecular complexity index is 350. The summed E-state index contributed by atoms with van der Waals surface area (Å²) in [4.78, 5) is 0. The molecule has 82 valence electrons. The Balaban J connectivity index is 2.74. The van der Waals surface area contributed by atoms with Crippen LogP contribution in [0.1, 0.15) is 18.6 Å². The van der Waals surface area contributed by atoms with E-state index in [4.69, 9.17) is 16.3 Å². The number of benzene rings is 1. The molecule has 2 nitrogen and oxygen atoms in total. The fourth-order valence-electron chi connectivity index (χ4n) is 1.07. The van der Waals surface area contributed by atoms with Crippen molar-refractivity contribution in [1.82, 2.24) is 0 Å². The first-order valence-corrected chi connectivity index (χ1v) is 4.94. The van der Waals surface area contributed by atoms with Gasteiger partial charge in [-0.15, -0.1) is 0 Å². The molecule has 0 aliphatic carbocycles. The SMILES string of the molecule is C[C@H](O)c1ccc(OC/C=C/Cl)c(F)c1. The van der Waals surface area contributed by atoms with Crippen molar-refractivity contribution in [3.63, 3.8) is 0 Å². The van der Waals surface area contributed by atoms with E-state index in [2.05, 4.69) is 0 Å². The minimum atomic E-state index is -0.684. The second-order valence-electron chi connectivity index (χ2n) is 3.04. The van der Waals surface area contributed by atoms with Crippen LogP contribution in [0.2, 0.25) is 0 Å². The Morgan fingerprint density at radius 3 is 2.87 bits per heavy atom. The summed E-state index contributed by atoms with van der Waals surface area (Å²) in [5.41, 5.74) is 1.83. The van der Waals surface area contributed by atoms with Crippen molar-refractivity contribution in [1.29, 1.82) is 0 Å². The number of ether oxygens (including phenoxy) is 1. The number of aliphatic hydroxyl groups excluding tert-OH is 1. The van der Waals surface area contributed by atoms with Crippen molar-refractivity contribution in [3.8, 4) is 5.75 Å². The molecule has 1 atom stereocenters. The predicted molar refractivity (Wildman–Crippen MR) is 57.5 cm³/mol. The quantitative estimate of drug-likeness (QED) is 0.862. The molecule has 1 aromatic rings. The summed E-state index contributed by atoms with van der Waals surface area (Å²) in [6.07, 6.45) is 0.875. The molecule has 0 radical (unpaired) electrons. The lowest BCUT2D eigenvalue weighted by molar-refractivity contribution is 0.198. The average Bonchev–Trinajstić information content (AvgIpc) is 2.20. The van der Waals surface area contributed by atoms with E-state index in [1.807, 2.05) is 0 Å². The molecule has 4 heteroatoms. The lowest BCUT2D eigenvalue weighted by atomic mass is 10.1. The van der Waals surface area contributed by atoms with Gasteiger partial charge in [0, 0.05) is 5.54 Å². The highest BCUT2D eigenvalue weighted by atomic mass is 35.5. The van der Waals surface area contributed by atoms with Gasteiger partial charge in [0.25, 0.3) is 0 Å². The normalized spacial score (nSPS) is 13.1. The van der Waals surface area contributed by atoms with Crippen molar-refractivity contribution in [2.75, 3.05) is 6.61 Å². The van der Waals surface area contributed by atoms with Gasteiger partial charge in [-0.1, -0.05) is 17.7 Å². The maximum absolute atomic E-state index is 13.3. The van der Waals surface area contributed by atoms with E-state index in [0.717, 1.165) is 0 Å². The van der Waals surface area contributed by atoms with Gasteiger partial charge in [-0.25, -0.2) is 4.39 Å². The summed E-state index contributed by atoms with van der Waals surface area (Å²) >= 11 is 5.29. The van der Waals surface area contributed by atoms with Gasteiger partial charge in [-0.2, -0.15) is 0 Å². The highest BCUT2D eigenvalue weighted by Crippen LogP contribution is 2.21. The van der Waals surface area contributed by atoms with Gasteiger partial charge in [0.15, 0.2) is 11.6 Å². The van der Waals surface area contributed by atoms with Gasteiger partial charge >= 0.3 is 0 Å². The van der Waals surface area contributed by atoms with Crippen LogP contribution in [0, 0.1) is 5.82 Å². The molecule has 1 N–H and O–H groups in total. The highest BCUT2D eigenvalue weighted by molar-refractivity contribution is 6.25. The lowest BCUT2D eigenvalue weighted by Crippen LogP contribution is -1.98. The van der Waals surface area contributed by atoms with Gasteiger partial charge in [-0.05, 0) is 30.7 Å². The van der Waals surface area contributed by atoms with Gasteiger partial charge in [0.05, 0.1) is 6.10 Å². The molecule has 0 heterocycles. The van der Waals surface area contributed by atoms with E-state index in [-0.39, 0.29) is 12.4 Å². The third-order valence-corrected chi connectivity index (χ3v) is 2.04. The summed E-state index contributed by atoms with van der Waals surface area (Å²) in [5, 5.41) is 9.22. The van der Waals surface area contributed by atoms with Crippen molar-refractivity contribution < 1.29 is 14.2 Å². The molecular formula is C11H12ClFO2. The van der Waals surface area contributed by atoms with Gasteiger partial charge in [0.2, 0.25) is 0 Å². The minimum absolute atomic E-state index is 0.147. The first kappa shape index (κ1) is 12.0. The molecule has 0 aliphatic heterocycles. The summed E-state index contributed by atoms with van der Waals surface area (Å²) in [6.45, 7) is 1.79. The molecule has 0 aliphatic rings. The lowest BCUT2D eigenvalue weighted by Gasteiger charge is -2.08.